The van der Waals surface area contributed by atoms with Gasteiger partial charge in [-0.05, 0) is 24.1 Å². The second-order valence-corrected chi connectivity index (χ2v) is 8.59. The SMILES string of the molecule is CCc1cc(Cl)ncc1[N+](=O)[O-].C[N+](C)=CCl.O=[N+]([O-])c1cnc(Cl)cc1Cl.O=c1cc(Cl)c([N+](=O)[O-])c[nH]1.[Cl-]. The minimum Gasteiger partial charge on any atom is -1.00 e. The minimum absolute atomic E-state index is 0. The molecule has 3 aromatic heterocycles. The van der Waals surface area contributed by atoms with Gasteiger partial charge in [0.2, 0.25) is 11.2 Å². The Hall–Kier alpha value is -3.14. The zero-order valence-corrected chi connectivity index (χ0v) is 25.1. The van der Waals surface area contributed by atoms with Crippen LogP contribution in [0.4, 0.5) is 17.1 Å². The van der Waals surface area contributed by atoms with Gasteiger partial charge in [0.1, 0.15) is 46.8 Å². The van der Waals surface area contributed by atoms with Crippen molar-refractivity contribution in [3.8, 4) is 0 Å². The van der Waals surface area contributed by atoms with Gasteiger partial charge >= 0.3 is 11.4 Å². The van der Waals surface area contributed by atoms with Gasteiger partial charge in [0, 0.05) is 17.7 Å². The van der Waals surface area contributed by atoms with Gasteiger partial charge in [0.15, 0.2) is 0 Å². The maximum atomic E-state index is 10.5. The molecule has 0 bridgehead atoms. The third kappa shape index (κ3) is 14.9. The van der Waals surface area contributed by atoms with Crippen molar-refractivity contribution in [1.29, 1.82) is 0 Å². The first-order valence-corrected chi connectivity index (χ1v) is 12.0. The summed E-state index contributed by atoms with van der Waals surface area (Å²) in [4.78, 5) is 48.7. The van der Waals surface area contributed by atoms with Crippen LogP contribution in [0.25, 0.3) is 0 Å². The predicted molar refractivity (Wildman–Crippen MR) is 149 cm³/mol. The molecule has 0 aromatic carbocycles. The molecule has 14 nitrogen and oxygen atoms in total. The van der Waals surface area contributed by atoms with Crippen molar-refractivity contribution in [2.45, 2.75) is 13.3 Å². The Balaban J connectivity index is 0. The van der Waals surface area contributed by atoms with Crippen LogP contribution in [-0.4, -0.2) is 54.1 Å². The maximum absolute atomic E-state index is 10.5. The number of hydrogen-bond acceptors (Lipinski definition) is 9. The molecule has 3 aromatic rings. The summed E-state index contributed by atoms with van der Waals surface area (Å²) in [5.74, 6) is 0. The largest absolute Gasteiger partial charge is 1.00 e. The molecule has 0 atom stereocenters. The van der Waals surface area contributed by atoms with Crippen LogP contribution in [0.3, 0.4) is 0 Å². The van der Waals surface area contributed by atoms with Crippen LogP contribution in [0.15, 0.2) is 41.6 Å². The van der Waals surface area contributed by atoms with Crippen LogP contribution in [0, 0.1) is 30.3 Å². The number of aryl methyl sites for hydroxylation is 1. The number of nitrogens with zero attached hydrogens (tertiary/aromatic N) is 6. The first-order chi connectivity index (χ1) is 18.1. The molecule has 0 radical (unpaired) electrons. The van der Waals surface area contributed by atoms with Crippen molar-refractivity contribution in [2.24, 2.45) is 0 Å². The summed E-state index contributed by atoms with van der Waals surface area (Å²) in [6.45, 7) is 1.83. The molecule has 0 aliphatic carbocycles. The van der Waals surface area contributed by atoms with Crippen LogP contribution in [0.1, 0.15) is 12.5 Å². The monoisotopic (exact) mass is 679 g/mol. The van der Waals surface area contributed by atoms with E-state index in [1.807, 2.05) is 21.0 Å². The highest BCUT2D eigenvalue weighted by atomic mass is 35.5. The molecule has 0 aliphatic rings. The Labute approximate surface area is 257 Å². The van der Waals surface area contributed by atoms with Gasteiger partial charge in [-0.15, -0.1) is 0 Å². The number of hydrogen-bond donors (Lipinski definition) is 1. The molecule has 0 spiro atoms. The molecule has 0 amide bonds. The van der Waals surface area contributed by atoms with E-state index in [1.54, 1.807) is 4.58 Å². The van der Waals surface area contributed by atoms with E-state index in [0.717, 1.165) is 18.5 Å². The lowest BCUT2D eigenvalue weighted by Gasteiger charge is -1.98. The lowest BCUT2D eigenvalue weighted by atomic mass is 10.2. The van der Waals surface area contributed by atoms with Gasteiger partial charge in [-0.1, -0.05) is 53.3 Å². The highest BCUT2D eigenvalue weighted by molar-refractivity contribution is 6.54. The van der Waals surface area contributed by atoms with Crippen LogP contribution in [-0.2, 0) is 6.42 Å². The van der Waals surface area contributed by atoms with E-state index in [1.165, 1.54) is 24.0 Å². The lowest BCUT2D eigenvalue weighted by molar-refractivity contribution is -0.457. The van der Waals surface area contributed by atoms with Crippen molar-refractivity contribution in [1.82, 2.24) is 15.0 Å². The summed E-state index contributed by atoms with van der Waals surface area (Å²) in [5, 5.41) is 31.0. The number of pyridine rings is 3. The van der Waals surface area contributed by atoms with Crippen LogP contribution < -0.4 is 18.0 Å². The Bertz CT molecular complexity index is 1400. The fourth-order valence-corrected chi connectivity index (χ4v) is 2.86. The minimum atomic E-state index is -0.668. The molecular weight excluding hydrogens is 663 g/mol. The molecule has 0 fully saturated rings. The van der Waals surface area contributed by atoms with Gasteiger partial charge < -0.3 is 17.4 Å². The highest BCUT2D eigenvalue weighted by Gasteiger charge is 2.13. The van der Waals surface area contributed by atoms with E-state index in [-0.39, 0.29) is 49.8 Å². The van der Waals surface area contributed by atoms with Gasteiger partial charge in [-0.25, -0.2) is 14.5 Å². The average Bonchev–Trinajstić information content (AvgIpc) is 2.84. The van der Waals surface area contributed by atoms with Gasteiger partial charge in [-0.2, -0.15) is 0 Å². The summed E-state index contributed by atoms with van der Waals surface area (Å²) >= 11 is 26.9. The second kappa shape index (κ2) is 19.8. The van der Waals surface area contributed by atoms with E-state index < -0.39 is 20.3 Å². The fourth-order valence-electron chi connectivity index (χ4n) is 2.02. The summed E-state index contributed by atoms with van der Waals surface area (Å²) < 4.78 is 1.77. The average molecular weight is 682 g/mol. The zero-order chi connectivity index (χ0) is 30.3. The number of nitro groups is 3. The molecule has 0 saturated heterocycles. The summed E-state index contributed by atoms with van der Waals surface area (Å²) in [7, 11) is 3.74. The number of rotatable bonds is 4. The van der Waals surface area contributed by atoms with Crippen molar-refractivity contribution in [3.05, 3.63) is 103 Å². The Morgan fingerprint density at radius 2 is 1.25 bits per heavy atom. The number of aromatic amines is 1. The topological polar surface area (TPSA) is 191 Å². The number of halogens is 6. The van der Waals surface area contributed by atoms with Crippen LogP contribution in [0.2, 0.25) is 20.4 Å². The third-order valence-corrected chi connectivity index (χ3v) is 5.16. The van der Waals surface area contributed by atoms with Gasteiger partial charge in [0.25, 0.3) is 5.69 Å². The van der Waals surface area contributed by atoms with E-state index in [2.05, 4.69) is 15.0 Å². The van der Waals surface area contributed by atoms with Crippen molar-refractivity contribution >= 4 is 80.7 Å². The molecule has 20 heteroatoms. The molecule has 3 rings (SSSR count). The molecule has 3 heterocycles. The van der Waals surface area contributed by atoms with Gasteiger partial charge in [0.05, 0.1) is 21.0 Å². The van der Waals surface area contributed by atoms with Crippen molar-refractivity contribution < 1.29 is 31.8 Å². The molecule has 1 N–H and O–H groups in total. The molecule has 0 aliphatic heterocycles. The Morgan fingerprint density at radius 3 is 1.62 bits per heavy atom. The normalized spacial score (nSPS) is 9.10. The summed E-state index contributed by atoms with van der Waals surface area (Å²) in [6.07, 6.45) is 3.75. The van der Waals surface area contributed by atoms with E-state index >= 15 is 0 Å². The first-order valence-electron chi connectivity index (χ1n) is 10.0. The molecule has 218 valence electrons. The summed E-state index contributed by atoms with van der Waals surface area (Å²) in [6, 6.07) is 3.70. The zero-order valence-electron chi connectivity index (χ0n) is 20.6. The Morgan fingerprint density at radius 1 is 0.825 bits per heavy atom. The lowest BCUT2D eigenvalue weighted by Crippen LogP contribution is -3.00. The summed E-state index contributed by atoms with van der Waals surface area (Å²) in [5.41, 5.74) is 1.12. The Kier molecular flexibility index (Phi) is 19.4. The number of aromatic nitrogens is 3. The fraction of sp³-hybridized carbons (Fsp3) is 0.200. The van der Waals surface area contributed by atoms with E-state index in [9.17, 15) is 35.1 Å². The maximum Gasteiger partial charge on any atom is 0.306 e. The quantitative estimate of drug-likeness (QED) is 0.142. The van der Waals surface area contributed by atoms with Crippen LogP contribution >= 0.6 is 58.0 Å². The van der Waals surface area contributed by atoms with Gasteiger partial charge in [-0.3, -0.25) is 35.1 Å². The van der Waals surface area contributed by atoms with Crippen molar-refractivity contribution in [2.75, 3.05) is 14.1 Å². The standard InChI is InChI=1S/C7H7ClN2O2.C5H2Cl2N2O2.C5H3ClN2O3.C3H7ClN.ClH/c1-2-5-3-7(8)9-4-6(5)10(11)12;6-3-1-5(7)8-2-4(3)9(10)11;6-3-1-5(9)7-2-4(3)8(10)11;1-5(2)3-4;/h3-4H,2H2,1H3;1-2H;1-2H,(H,7,9);3H,1-2H3;1H/q;;;+1;/p-1. The van der Waals surface area contributed by atoms with E-state index in [4.69, 9.17) is 58.0 Å². The predicted octanol–water partition coefficient (Wildman–Crippen LogP) is 2.97. The molecule has 0 unspecified atom stereocenters. The number of H-pyrrole nitrogens is 1. The van der Waals surface area contributed by atoms with E-state index in [0.29, 0.717) is 12.0 Å². The number of nitrogens with one attached hydrogen (secondary N) is 1. The smallest absolute Gasteiger partial charge is 0.306 e. The highest BCUT2D eigenvalue weighted by Crippen LogP contribution is 2.24. The molecule has 0 saturated carbocycles. The second-order valence-electron chi connectivity index (χ2n) is 6.81. The van der Waals surface area contributed by atoms with Crippen LogP contribution in [0.5, 0.6) is 0 Å². The first kappa shape index (κ1) is 39.0. The molecular formula is C20H19Cl6N7O7. The third-order valence-electron chi connectivity index (χ3n) is 3.75. The van der Waals surface area contributed by atoms with Crippen molar-refractivity contribution in [3.63, 3.8) is 0 Å². The molecule has 40 heavy (non-hydrogen) atoms.